The van der Waals surface area contributed by atoms with E-state index >= 15 is 0 Å². The Morgan fingerprint density at radius 1 is 1.29 bits per heavy atom. The molecule has 2 aliphatic rings. The van der Waals surface area contributed by atoms with Crippen LogP contribution in [0, 0.1) is 5.41 Å². The summed E-state index contributed by atoms with van der Waals surface area (Å²) in [6, 6.07) is 0. The number of hydrogen-bond acceptors (Lipinski definition) is 13. The zero-order valence-electron chi connectivity index (χ0n) is 17.5. The molecule has 0 radical (unpaired) electrons. The monoisotopic (exact) mass is 514 g/mol. The lowest BCUT2D eigenvalue weighted by Gasteiger charge is -2.58. The van der Waals surface area contributed by atoms with E-state index in [4.69, 9.17) is 9.84 Å². The number of β-lactam (4-membered cyclic amide) rings is 1. The van der Waals surface area contributed by atoms with Gasteiger partial charge in [0.1, 0.15) is 30.2 Å². The van der Waals surface area contributed by atoms with E-state index in [2.05, 4.69) is 36.4 Å². The van der Waals surface area contributed by atoms with Crippen LogP contribution in [0.3, 0.4) is 0 Å². The van der Waals surface area contributed by atoms with Gasteiger partial charge < -0.3 is 25.2 Å². The first-order valence-electron chi connectivity index (χ1n) is 9.54. The maximum absolute atomic E-state index is 13.0. The highest BCUT2D eigenvalue weighted by Crippen LogP contribution is 2.48. The fraction of sp³-hybridized carbons (Fsp3) is 0.600. The Morgan fingerprint density at radius 2 is 2.09 bits per heavy atom. The number of carboxylic acid groups (broad SMARTS) is 2. The van der Waals surface area contributed by atoms with E-state index in [1.807, 2.05) is 0 Å². The first-order valence-corrected chi connectivity index (χ1v) is 11.6. The summed E-state index contributed by atoms with van der Waals surface area (Å²) in [6.45, 7) is -0.846. The molecular formula is C15H18N10O7S2. The van der Waals surface area contributed by atoms with Crippen LogP contribution in [0.25, 0.3) is 0 Å². The number of nitrogens with zero attached hydrogens (tertiary/aromatic N) is 9. The molecule has 2 aromatic heterocycles. The second-order valence-corrected chi connectivity index (χ2v) is 9.49. The van der Waals surface area contributed by atoms with Gasteiger partial charge in [-0.05, 0) is 20.9 Å². The third-order valence-corrected chi connectivity index (χ3v) is 8.13. The second-order valence-electron chi connectivity index (χ2n) is 7.48. The van der Waals surface area contributed by atoms with Crippen LogP contribution in [-0.4, -0.2) is 116 Å². The number of aliphatic carboxylic acids is 2. The predicted octanol–water partition coefficient (Wildman–Crippen LogP) is -3.02. The normalized spacial score (nSPS) is 26.0. The zero-order valence-corrected chi connectivity index (χ0v) is 19.1. The summed E-state index contributed by atoms with van der Waals surface area (Å²) in [5, 5.41) is 42.2. The Bertz CT molecular complexity index is 1110. The van der Waals surface area contributed by atoms with E-state index in [0.29, 0.717) is 0 Å². The molecule has 17 nitrogen and oxygen atoms in total. The molecule has 4 rings (SSSR count). The number of aromatic nitrogens is 8. The number of thioether (sulfide) groups is 2. The first-order chi connectivity index (χ1) is 16.2. The molecule has 2 fully saturated rings. The molecule has 3 N–H and O–H groups in total. The Balaban J connectivity index is 1.45. The molecule has 2 aliphatic heterocycles. The average molecular weight is 515 g/mol. The largest absolute Gasteiger partial charge is 0.481 e. The van der Waals surface area contributed by atoms with Crippen LogP contribution in [0.2, 0.25) is 0 Å². The lowest BCUT2D eigenvalue weighted by molar-refractivity contribution is -0.200. The summed E-state index contributed by atoms with van der Waals surface area (Å²) in [6.07, 6.45) is 1.25. The molecule has 2 aromatic rings. The van der Waals surface area contributed by atoms with Gasteiger partial charge in [-0.25, -0.2) is 9.36 Å². The van der Waals surface area contributed by atoms with Crippen LogP contribution in [0.5, 0.6) is 0 Å². The fourth-order valence-electron chi connectivity index (χ4n) is 3.56. The van der Waals surface area contributed by atoms with Crippen molar-refractivity contribution in [2.75, 3.05) is 25.2 Å². The van der Waals surface area contributed by atoms with Crippen molar-refractivity contribution in [1.82, 2.24) is 50.6 Å². The number of carboxylic acids is 2. The van der Waals surface area contributed by atoms with Gasteiger partial charge >= 0.3 is 11.9 Å². The number of carbonyl (C=O) groups excluding carboxylic acids is 2. The molecule has 4 heterocycles. The van der Waals surface area contributed by atoms with E-state index in [1.165, 1.54) is 23.0 Å². The summed E-state index contributed by atoms with van der Waals surface area (Å²) < 4.78 is 7.63. The number of nitrogens with one attached hydrogen (secondary N) is 1. The van der Waals surface area contributed by atoms with Crippen LogP contribution in [0.15, 0.2) is 11.5 Å². The molecule has 3 atom stereocenters. The average Bonchev–Trinajstić information content (AvgIpc) is 3.47. The van der Waals surface area contributed by atoms with Crippen molar-refractivity contribution in [3.63, 3.8) is 0 Å². The lowest BCUT2D eigenvalue weighted by atomic mass is 9.88. The highest BCUT2D eigenvalue weighted by molar-refractivity contribution is 8.00. The minimum atomic E-state index is -1.64. The molecule has 19 heteroatoms. The summed E-state index contributed by atoms with van der Waals surface area (Å²) >= 11 is 2.14. The molecule has 2 amide bonds. The number of carbonyl (C=O) groups is 4. The third kappa shape index (κ3) is 4.16. The zero-order chi connectivity index (χ0) is 24.5. The molecular weight excluding hydrogens is 496 g/mol. The standard InChI is InChI=1S/C15H18N10O7S2/c1-32-15(17-8(26)2-23-7-16-19-21-23)10(29)24-4-14(12(30)31,5-33-11(15)24)6-34-13-18-20-22-25(13)3-9(27)28/h7,11H,2-6H2,1H3,(H,17,26)(H,27,28)(H,30,31)/t11-,14?,15?/m1/s1. The molecule has 0 saturated carbocycles. The maximum atomic E-state index is 13.0. The third-order valence-electron chi connectivity index (χ3n) is 5.26. The molecule has 0 spiro atoms. The van der Waals surface area contributed by atoms with Gasteiger partial charge in [-0.3, -0.25) is 19.2 Å². The maximum Gasteiger partial charge on any atom is 0.325 e. The molecule has 0 aliphatic carbocycles. The quantitative estimate of drug-likeness (QED) is 0.163. The van der Waals surface area contributed by atoms with Crippen LogP contribution >= 0.6 is 23.5 Å². The van der Waals surface area contributed by atoms with Gasteiger partial charge in [-0.1, -0.05) is 11.8 Å². The lowest BCUT2D eigenvalue weighted by Crippen LogP contribution is -2.82. The van der Waals surface area contributed by atoms with Gasteiger partial charge in [-0.2, -0.15) is 0 Å². The number of amides is 2. The summed E-state index contributed by atoms with van der Waals surface area (Å²) in [4.78, 5) is 50.0. The van der Waals surface area contributed by atoms with Gasteiger partial charge in [0, 0.05) is 25.2 Å². The van der Waals surface area contributed by atoms with E-state index in [-0.39, 0.29) is 29.8 Å². The molecule has 182 valence electrons. The first kappa shape index (κ1) is 23.8. The van der Waals surface area contributed by atoms with Crippen LogP contribution in [0.4, 0.5) is 0 Å². The van der Waals surface area contributed by atoms with Crippen molar-refractivity contribution in [2.24, 2.45) is 5.41 Å². The van der Waals surface area contributed by atoms with E-state index in [9.17, 15) is 24.3 Å². The van der Waals surface area contributed by atoms with Crippen molar-refractivity contribution in [3.05, 3.63) is 6.33 Å². The Labute approximate surface area is 198 Å². The van der Waals surface area contributed by atoms with Gasteiger partial charge in [0.2, 0.25) is 11.1 Å². The SMILES string of the molecule is COC1(NC(=O)Cn2cnnn2)C(=O)N2CC(CSc3nnnn3CC(=O)O)(C(=O)O)CS[C@@H]21. The van der Waals surface area contributed by atoms with Gasteiger partial charge in [-0.15, -0.1) is 22.0 Å². The highest BCUT2D eigenvalue weighted by atomic mass is 32.2. The Hall–Kier alpha value is -3.32. The molecule has 34 heavy (non-hydrogen) atoms. The van der Waals surface area contributed by atoms with Crippen molar-refractivity contribution in [2.45, 2.75) is 29.3 Å². The number of hydrogen-bond donors (Lipinski definition) is 3. The number of rotatable bonds is 10. The number of fused-ring (bicyclic) bond motifs is 1. The molecule has 0 aromatic carbocycles. The fourth-order valence-corrected chi connectivity index (χ4v) is 6.39. The minimum absolute atomic E-state index is 0.0164. The van der Waals surface area contributed by atoms with Crippen LogP contribution in [-0.2, 0) is 37.0 Å². The topological polar surface area (TPSA) is 220 Å². The number of ether oxygens (including phenoxy) is 1. The van der Waals surface area contributed by atoms with Crippen LogP contribution in [0.1, 0.15) is 0 Å². The van der Waals surface area contributed by atoms with Gasteiger partial charge in [0.15, 0.2) is 0 Å². The smallest absolute Gasteiger partial charge is 0.325 e. The minimum Gasteiger partial charge on any atom is -0.481 e. The highest BCUT2D eigenvalue weighted by Gasteiger charge is 2.67. The van der Waals surface area contributed by atoms with Gasteiger partial charge in [0.05, 0.1) is 0 Å². The van der Waals surface area contributed by atoms with E-state index in [1.54, 1.807) is 0 Å². The molecule has 2 saturated heterocycles. The van der Waals surface area contributed by atoms with Crippen LogP contribution < -0.4 is 5.32 Å². The molecule has 0 bridgehead atoms. The van der Waals surface area contributed by atoms with Crippen molar-refractivity contribution in [1.29, 1.82) is 0 Å². The Kier molecular flexibility index (Phi) is 6.41. The van der Waals surface area contributed by atoms with Crippen molar-refractivity contribution >= 4 is 47.3 Å². The Morgan fingerprint density at radius 3 is 2.74 bits per heavy atom. The number of methoxy groups -OCH3 is 1. The number of tetrazole rings is 2. The van der Waals surface area contributed by atoms with E-state index in [0.717, 1.165) is 28.2 Å². The van der Waals surface area contributed by atoms with Gasteiger partial charge in [0.25, 0.3) is 11.6 Å². The summed E-state index contributed by atoms with van der Waals surface area (Å²) in [5.74, 6) is -3.34. The second kappa shape index (κ2) is 9.14. The van der Waals surface area contributed by atoms with Crippen molar-refractivity contribution in [3.8, 4) is 0 Å². The predicted molar refractivity (Wildman–Crippen MR) is 110 cm³/mol. The molecule has 2 unspecified atom stereocenters. The van der Waals surface area contributed by atoms with E-state index < -0.39 is 46.8 Å². The summed E-state index contributed by atoms with van der Waals surface area (Å²) in [5.41, 5.74) is -3.00. The van der Waals surface area contributed by atoms with Crippen molar-refractivity contribution < 1.29 is 34.1 Å². The summed E-state index contributed by atoms with van der Waals surface area (Å²) in [7, 11) is 1.28.